The second-order valence-corrected chi connectivity index (χ2v) is 10.7. The van der Waals surface area contributed by atoms with E-state index in [0.29, 0.717) is 35.0 Å². The fourth-order valence-corrected chi connectivity index (χ4v) is 4.62. The summed E-state index contributed by atoms with van der Waals surface area (Å²) in [6.07, 6.45) is 3.20. The number of pyridine rings is 1. The lowest BCUT2D eigenvalue weighted by molar-refractivity contribution is 0.0646. The molecule has 1 atom stereocenters. The van der Waals surface area contributed by atoms with E-state index in [2.05, 4.69) is 37.3 Å². The molecule has 5 rings (SSSR count). The molecule has 0 saturated carbocycles. The standard InChI is InChI=1S/C29H32N8O4/c1-6-14-37-25(39)18-12-13-21(32-22(18)28(37,2)3)33-27-30-15-19(24-35-26(36-41-24)29(4,5)40)23(34-27)31-20(16-38)17-10-8-7-9-11-17/h6-13,15,20,38,40H,1,14,16H2,2-5H3,(H2,30,31,32,33,34)/t20-/m1/s1. The summed E-state index contributed by atoms with van der Waals surface area (Å²) >= 11 is 0. The Morgan fingerprint density at radius 3 is 2.54 bits per heavy atom. The monoisotopic (exact) mass is 556 g/mol. The summed E-state index contributed by atoms with van der Waals surface area (Å²) in [5, 5.41) is 30.8. The number of nitrogens with zero attached hydrogens (tertiary/aromatic N) is 6. The Morgan fingerprint density at radius 2 is 1.88 bits per heavy atom. The van der Waals surface area contributed by atoms with Crippen LogP contribution < -0.4 is 10.6 Å². The summed E-state index contributed by atoms with van der Waals surface area (Å²) in [5.41, 5.74) is 0.447. The molecule has 0 fully saturated rings. The van der Waals surface area contributed by atoms with Crippen molar-refractivity contribution in [2.75, 3.05) is 23.8 Å². The first-order chi connectivity index (χ1) is 19.5. The van der Waals surface area contributed by atoms with Crippen molar-refractivity contribution in [2.45, 2.75) is 44.9 Å². The Balaban J connectivity index is 1.51. The number of anilines is 3. The highest BCUT2D eigenvalue weighted by Gasteiger charge is 2.43. The Labute approximate surface area is 237 Å². The second-order valence-electron chi connectivity index (χ2n) is 10.7. The number of fused-ring (bicyclic) bond motifs is 1. The van der Waals surface area contributed by atoms with Crippen molar-refractivity contribution in [1.82, 2.24) is 30.0 Å². The molecule has 4 heterocycles. The summed E-state index contributed by atoms with van der Waals surface area (Å²) in [6, 6.07) is 12.4. The van der Waals surface area contributed by atoms with Crippen molar-refractivity contribution >= 4 is 23.5 Å². The first kappa shape index (κ1) is 27.9. The molecule has 0 radical (unpaired) electrons. The minimum atomic E-state index is -1.31. The largest absolute Gasteiger partial charge is 0.394 e. The van der Waals surface area contributed by atoms with Crippen LogP contribution in [0.15, 0.2) is 65.8 Å². The van der Waals surface area contributed by atoms with Crippen LogP contribution in [-0.2, 0) is 11.1 Å². The highest BCUT2D eigenvalue weighted by atomic mass is 16.5. The van der Waals surface area contributed by atoms with E-state index in [0.717, 1.165) is 5.56 Å². The second kappa shape index (κ2) is 10.7. The summed E-state index contributed by atoms with van der Waals surface area (Å²) in [5.74, 6) is 1.07. The topological polar surface area (TPSA) is 162 Å². The highest BCUT2D eigenvalue weighted by molar-refractivity contribution is 5.99. The van der Waals surface area contributed by atoms with Gasteiger partial charge in [-0.2, -0.15) is 9.97 Å². The Kier molecular flexibility index (Phi) is 7.28. The summed E-state index contributed by atoms with van der Waals surface area (Å²) in [7, 11) is 0. The maximum absolute atomic E-state index is 12.9. The van der Waals surface area contributed by atoms with Gasteiger partial charge in [-0.25, -0.2) is 9.97 Å². The van der Waals surface area contributed by atoms with Gasteiger partial charge in [-0.1, -0.05) is 41.6 Å². The van der Waals surface area contributed by atoms with Crippen LogP contribution in [0.25, 0.3) is 11.5 Å². The minimum Gasteiger partial charge on any atom is -0.394 e. The lowest BCUT2D eigenvalue weighted by atomic mass is 9.99. The number of carbonyl (C=O) groups is 1. The van der Waals surface area contributed by atoms with Gasteiger partial charge in [-0.05, 0) is 45.4 Å². The predicted octanol–water partition coefficient (Wildman–Crippen LogP) is 3.92. The third kappa shape index (κ3) is 5.39. The molecule has 212 valence electrons. The predicted molar refractivity (Wildman–Crippen MR) is 152 cm³/mol. The van der Waals surface area contributed by atoms with Gasteiger partial charge in [0.2, 0.25) is 11.8 Å². The molecule has 1 aliphatic heterocycles. The van der Waals surface area contributed by atoms with Gasteiger partial charge in [0.15, 0.2) is 0 Å². The quantitative estimate of drug-likeness (QED) is 0.209. The van der Waals surface area contributed by atoms with Crippen molar-refractivity contribution in [3.63, 3.8) is 0 Å². The zero-order valence-electron chi connectivity index (χ0n) is 23.3. The molecule has 4 aromatic rings. The van der Waals surface area contributed by atoms with E-state index >= 15 is 0 Å². The minimum absolute atomic E-state index is 0.0964. The Hall–Kier alpha value is -4.68. The molecule has 1 amide bonds. The zero-order chi connectivity index (χ0) is 29.4. The van der Waals surface area contributed by atoms with Crippen molar-refractivity contribution in [1.29, 1.82) is 0 Å². The van der Waals surface area contributed by atoms with Gasteiger partial charge in [0.05, 0.1) is 29.4 Å². The van der Waals surface area contributed by atoms with E-state index in [4.69, 9.17) is 9.51 Å². The summed E-state index contributed by atoms with van der Waals surface area (Å²) in [4.78, 5) is 32.8. The SMILES string of the molecule is C=CCN1C(=O)c2ccc(Nc3ncc(-c4nc(C(C)(C)O)no4)c(N[C@H](CO)c4ccccc4)n3)nc2C1(C)C. The van der Waals surface area contributed by atoms with E-state index in [1.165, 1.54) is 6.20 Å². The van der Waals surface area contributed by atoms with Crippen molar-refractivity contribution in [3.8, 4) is 11.5 Å². The molecule has 0 aliphatic carbocycles. The number of aliphatic hydroxyl groups is 2. The van der Waals surface area contributed by atoms with Gasteiger partial charge in [-0.15, -0.1) is 6.58 Å². The molecular formula is C29H32N8O4. The Morgan fingerprint density at radius 1 is 1.12 bits per heavy atom. The molecular weight excluding hydrogens is 524 g/mol. The van der Waals surface area contributed by atoms with Crippen LogP contribution in [-0.4, -0.2) is 59.3 Å². The molecule has 0 spiro atoms. The molecule has 1 aromatic carbocycles. The van der Waals surface area contributed by atoms with Crippen molar-refractivity contribution in [2.24, 2.45) is 0 Å². The maximum Gasteiger partial charge on any atom is 0.263 e. The number of aliphatic hydroxyl groups excluding tert-OH is 1. The van der Waals surface area contributed by atoms with Crippen LogP contribution >= 0.6 is 0 Å². The maximum atomic E-state index is 12.9. The van der Waals surface area contributed by atoms with Crippen LogP contribution in [0.3, 0.4) is 0 Å². The average molecular weight is 557 g/mol. The van der Waals surface area contributed by atoms with Crippen LogP contribution in [0.2, 0.25) is 0 Å². The number of carbonyl (C=O) groups excluding carboxylic acids is 1. The van der Waals surface area contributed by atoms with Crippen molar-refractivity contribution in [3.05, 3.63) is 84.0 Å². The number of hydrogen-bond acceptors (Lipinski definition) is 11. The van der Waals surface area contributed by atoms with E-state index in [-0.39, 0.29) is 30.2 Å². The average Bonchev–Trinajstić information content (AvgIpc) is 3.51. The summed E-state index contributed by atoms with van der Waals surface area (Å²) < 4.78 is 5.43. The van der Waals surface area contributed by atoms with Gasteiger partial charge < -0.3 is 30.3 Å². The van der Waals surface area contributed by atoms with Gasteiger partial charge in [0.25, 0.3) is 11.8 Å². The molecule has 0 saturated heterocycles. The number of hydrogen-bond donors (Lipinski definition) is 4. The fraction of sp³-hybridized carbons (Fsp3) is 0.310. The molecule has 0 unspecified atom stereocenters. The lowest BCUT2D eigenvalue weighted by Crippen LogP contribution is -2.39. The van der Waals surface area contributed by atoms with E-state index in [9.17, 15) is 15.0 Å². The van der Waals surface area contributed by atoms with Crippen LogP contribution in [0.4, 0.5) is 17.6 Å². The highest BCUT2D eigenvalue weighted by Crippen LogP contribution is 2.38. The van der Waals surface area contributed by atoms with Crippen LogP contribution in [0, 0.1) is 0 Å². The van der Waals surface area contributed by atoms with E-state index in [1.807, 2.05) is 44.2 Å². The van der Waals surface area contributed by atoms with Crippen LogP contribution in [0.1, 0.15) is 61.2 Å². The molecule has 1 aliphatic rings. The number of benzene rings is 1. The number of amides is 1. The molecule has 12 nitrogen and oxygen atoms in total. The van der Waals surface area contributed by atoms with E-state index < -0.39 is 17.2 Å². The smallest absolute Gasteiger partial charge is 0.263 e. The third-order valence-corrected chi connectivity index (χ3v) is 6.86. The zero-order valence-corrected chi connectivity index (χ0v) is 23.3. The van der Waals surface area contributed by atoms with Crippen LogP contribution in [0.5, 0.6) is 0 Å². The normalized spacial score (nSPS) is 15.0. The molecule has 41 heavy (non-hydrogen) atoms. The van der Waals surface area contributed by atoms with Gasteiger partial charge in [0.1, 0.15) is 22.8 Å². The van der Waals surface area contributed by atoms with Gasteiger partial charge >= 0.3 is 0 Å². The fourth-order valence-electron chi connectivity index (χ4n) is 4.62. The molecule has 0 bridgehead atoms. The number of rotatable bonds is 10. The molecule has 4 N–H and O–H groups in total. The number of aromatic nitrogens is 5. The third-order valence-electron chi connectivity index (χ3n) is 6.86. The molecule has 3 aromatic heterocycles. The first-order valence-electron chi connectivity index (χ1n) is 13.1. The first-order valence-corrected chi connectivity index (χ1v) is 13.1. The van der Waals surface area contributed by atoms with E-state index in [1.54, 1.807) is 37.0 Å². The van der Waals surface area contributed by atoms with Crippen molar-refractivity contribution < 1.29 is 19.5 Å². The summed E-state index contributed by atoms with van der Waals surface area (Å²) in [6.45, 7) is 10.9. The Bertz CT molecular complexity index is 1580. The molecule has 12 heteroatoms. The lowest BCUT2D eigenvalue weighted by Gasteiger charge is -2.30. The van der Waals surface area contributed by atoms with Gasteiger partial charge in [-0.3, -0.25) is 4.79 Å². The number of nitrogens with one attached hydrogen (secondary N) is 2. The van der Waals surface area contributed by atoms with Gasteiger partial charge in [0, 0.05) is 12.7 Å².